The van der Waals surface area contributed by atoms with Crippen molar-refractivity contribution < 1.29 is 30.7 Å². The van der Waals surface area contributed by atoms with Gasteiger partial charge in [0.15, 0.2) is 0 Å². The predicted octanol–water partition coefficient (Wildman–Crippen LogP) is 0.854. The molecule has 26 heavy (non-hydrogen) atoms. The van der Waals surface area contributed by atoms with Crippen LogP contribution in [0.25, 0.3) is 0 Å². The molecule has 2 aromatic rings. The lowest BCUT2D eigenvalue weighted by molar-refractivity contribution is 0.112. The fraction of sp³-hybridized carbons (Fsp3) is 0.0714. The lowest BCUT2D eigenvalue weighted by Gasteiger charge is -2.03. The molecule has 0 unspecified atom stereocenters. The second-order valence-corrected chi connectivity index (χ2v) is 7.76. The van der Waals surface area contributed by atoms with Crippen molar-refractivity contribution in [2.75, 3.05) is 22.7 Å². The van der Waals surface area contributed by atoms with E-state index in [1.54, 1.807) is 24.3 Å². The Morgan fingerprint density at radius 3 is 1.96 bits per heavy atom. The van der Waals surface area contributed by atoms with E-state index in [2.05, 4.69) is 5.32 Å². The summed E-state index contributed by atoms with van der Waals surface area (Å²) in [7, 11) is -8.27. The highest BCUT2D eigenvalue weighted by molar-refractivity contribution is 7.86. The lowest BCUT2D eigenvalue weighted by Crippen LogP contribution is -2.12. The predicted molar refractivity (Wildman–Crippen MR) is 96.9 cm³/mol. The third kappa shape index (κ3) is 7.48. The first-order valence-corrected chi connectivity index (χ1v) is 9.84. The lowest BCUT2D eigenvalue weighted by atomic mass is 10.2. The van der Waals surface area contributed by atoms with Crippen LogP contribution in [0.4, 0.5) is 17.1 Å². The molecule has 0 aliphatic rings. The van der Waals surface area contributed by atoms with Gasteiger partial charge in [0.1, 0.15) is 17.1 Å². The van der Waals surface area contributed by atoms with Crippen LogP contribution in [-0.4, -0.2) is 38.1 Å². The number of carbonyl (C=O) groups excluding carboxylic acids is 1. The maximum absolute atomic E-state index is 10.6. The minimum atomic E-state index is -4.30. The van der Waals surface area contributed by atoms with Gasteiger partial charge in [-0.05, 0) is 36.4 Å². The van der Waals surface area contributed by atoms with Gasteiger partial charge in [-0.1, -0.05) is 6.07 Å². The molecule has 0 bridgehead atoms. The van der Waals surface area contributed by atoms with Crippen molar-refractivity contribution in [3.63, 3.8) is 0 Å². The Morgan fingerprint density at radius 2 is 1.54 bits per heavy atom. The zero-order valence-corrected chi connectivity index (χ0v) is 14.9. The number of benzene rings is 2. The average molecular weight is 403 g/mol. The van der Waals surface area contributed by atoms with Crippen LogP contribution >= 0.6 is 0 Å². The van der Waals surface area contributed by atoms with Crippen molar-refractivity contribution in [2.24, 2.45) is 0 Å². The van der Waals surface area contributed by atoms with Gasteiger partial charge in [0.25, 0.3) is 20.2 Å². The van der Waals surface area contributed by atoms with Crippen LogP contribution < -0.4 is 16.8 Å². The quantitative estimate of drug-likeness (QED) is 0.272. The summed E-state index contributed by atoms with van der Waals surface area (Å²) in [5.74, 6) is -0.503. The molecule has 0 spiro atoms. The summed E-state index contributed by atoms with van der Waals surface area (Å²) in [5, 5.41) is 2.52. The Labute approximate surface area is 150 Å². The van der Waals surface area contributed by atoms with Gasteiger partial charge < -0.3 is 16.8 Å². The first-order chi connectivity index (χ1) is 11.9. The number of aldehydes is 1. The first kappa shape index (κ1) is 21.4. The molecule has 0 radical (unpaired) electrons. The van der Waals surface area contributed by atoms with E-state index in [1.165, 1.54) is 12.1 Å². The van der Waals surface area contributed by atoms with Gasteiger partial charge in [-0.15, -0.1) is 0 Å². The van der Waals surface area contributed by atoms with Crippen molar-refractivity contribution in [1.29, 1.82) is 0 Å². The Bertz CT molecular complexity index is 972. The van der Waals surface area contributed by atoms with E-state index in [1.807, 2.05) is 0 Å². The minimum absolute atomic E-state index is 0.146. The van der Waals surface area contributed by atoms with E-state index in [0.717, 1.165) is 6.07 Å². The van der Waals surface area contributed by atoms with Crippen molar-refractivity contribution in [1.82, 2.24) is 0 Å². The van der Waals surface area contributed by atoms with E-state index in [-0.39, 0.29) is 11.3 Å². The minimum Gasteiger partial charge on any atom is -0.399 e. The SMILES string of the molecule is Nc1cc(C=O)ccc1S(=O)(=O)O.Nc1ccc(NCS(=O)(=O)O)cc1. The monoisotopic (exact) mass is 403 g/mol. The molecule has 0 saturated heterocycles. The molecule has 0 atom stereocenters. The van der Waals surface area contributed by atoms with Gasteiger partial charge in [0.2, 0.25) is 0 Å². The average Bonchev–Trinajstić information content (AvgIpc) is 2.53. The normalized spacial score (nSPS) is 11.2. The third-order valence-electron chi connectivity index (χ3n) is 2.82. The number of anilines is 3. The number of nitrogens with two attached hydrogens (primary N) is 2. The van der Waals surface area contributed by atoms with Gasteiger partial charge in [-0.25, -0.2) is 0 Å². The molecule has 2 aromatic carbocycles. The molecule has 0 heterocycles. The van der Waals surface area contributed by atoms with Crippen LogP contribution in [0.3, 0.4) is 0 Å². The largest absolute Gasteiger partial charge is 0.399 e. The maximum atomic E-state index is 10.6. The number of rotatable bonds is 5. The van der Waals surface area contributed by atoms with Gasteiger partial charge >= 0.3 is 0 Å². The molecule has 12 heteroatoms. The van der Waals surface area contributed by atoms with Gasteiger partial charge in [-0.2, -0.15) is 16.8 Å². The Morgan fingerprint density at radius 1 is 0.962 bits per heavy atom. The highest BCUT2D eigenvalue weighted by Crippen LogP contribution is 2.18. The van der Waals surface area contributed by atoms with Crippen LogP contribution in [0.2, 0.25) is 0 Å². The first-order valence-electron chi connectivity index (χ1n) is 6.79. The van der Waals surface area contributed by atoms with Gasteiger partial charge in [0, 0.05) is 16.9 Å². The van der Waals surface area contributed by atoms with Crippen molar-refractivity contribution >= 4 is 43.6 Å². The molecule has 7 N–H and O–H groups in total. The van der Waals surface area contributed by atoms with Crippen LogP contribution in [0.15, 0.2) is 47.4 Å². The smallest absolute Gasteiger partial charge is 0.296 e. The zero-order chi connectivity index (χ0) is 20.0. The van der Waals surface area contributed by atoms with Crippen molar-refractivity contribution in [3.8, 4) is 0 Å². The molecule has 2 rings (SSSR count). The van der Waals surface area contributed by atoms with Gasteiger partial charge in [0.05, 0.1) is 5.69 Å². The Hall–Kier alpha value is -2.67. The topological polar surface area (TPSA) is 190 Å². The number of hydrogen-bond donors (Lipinski definition) is 5. The highest BCUT2D eigenvalue weighted by Gasteiger charge is 2.13. The van der Waals surface area contributed by atoms with Gasteiger partial charge in [-0.3, -0.25) is 13.9 Å². The third-order valence-corrected chi connectivity index (χ3v) is 4.25. The molecule has 0 saturated carbocycles. The van der Waals surface area contributed by atoms with Crippen LogP contribution in [-0.2, 0) is 20.2 Å². The summed E-state index contributed by atoms with van der Waals surface area (Å²) in [5.41, 5.74) is 12.0. The van der Waals surface area contributed by atoms with Crippen molar-refractivity contribution in [3.05, 3.63) is 48.0 Å². The fourth-order valence-corrected chi connectivity index (χ4v) is 2.60. The Kier molecular flexibility index (Phi) is 7.09. The molecule has 0 aliphatic heterocycles. The number of nitrogen functional groups attached to an aromatic ring is 2. The summed E-state index contributed by atoms with van der Waals surface area (Å²) in [6, 6.07) is 10.0. The molecular formula is C14H17N3O7S2. The summed E-state index contributed by atoms with van der Waals surface area (Å²) in [4.78, 5) is 9.86. The second-order valence-electron chi connectivity index (χ2n) is 4.92. The molecule has 0 amide bonds. The number of hydrogen-bond acceptors (Lipinski definition) is 8. The molecule has 10 nitrogen and oxygen atoms in total. The number of nitrogens with one attached hydrogen (secondary N) is 1. The van der Waals surface area contributed by atoms with E-state index in [9.17, 15) is 21.6 Å². The number of carbonyl (C=O) groups is 1. The van der Waals surface area contributed by atoms with E-state index >= 15 is 0 Å². The highest BCUT2D eigenvalue weighted by atomic mass is 32.2. The van der Waals surface area contributed by atoms with E-state index < -0.39 is 31.0 Å². The molecule has 0 aliphatic carbocycles. The molecule has 0 fully saturated rings. The Balaban J connectivity index is 0.000000260. The standard InChI is InChI=1S/C7H10N2O3S.C7H7NO4S/c8-6-1-3-7(4-2-6)9-5-13(10,11)12;8-6-3-5(4-9)1-2-7(6)13(10,11)12/h1-4,9H,5,8H2,(H,10,11,12);1-4H,8H2,(H,10,11,12). The molecule has 0 aromatic heterocycles. The van der Waals surface area contributed by atoms with Crippen LogP contribution in [0.1, 0.15) is 10.4 Å². The van der Waals surface area contributed by atoms with Crippen LogP contribution in [0, 0.1) is 0 Å². The second kappa shape index (κ2) is 8.62. The maximum Gasteiger partial charge on any atom is 0.296 e. The summed E-state index contributed by atoms with van der Waals surface area (Å²) >= 11 is 0. The summed E-state index contributed by atoms with van der Waals surface area (Å²) in [6.07, 6.45) is 0.532. The van der Waals surface area contributed by atoms with E-state index in [4.69, 9.17) is 20.6 Å². The molecular weight excluding hydrogens is 386 g/mol. The fourth-order valence-electron chi connectivity index (χ4n) is 1.65. The van der Waals surface area contributed by atoms with Crippen molar-refractivity contribution in [2.45, 2.75) is 4.90 Å². The zero-order valence-electron chi connectivity index (χ0n) is 13.2. The van der Waals surface area contributed by atoms with Crippen LogP contribution in [0.5, 0.6) is 0 Å². The molecule has 142 valence electrons. The summed E-state index contributed by atoms with van der Waals surface area (Å²) in [6.45, 7) is 0. The summed E-state index contributed by atoms with van der Waals surface area (Å²) < 4.78 is 59.0. The van der Waals surface area contributed by atoms with E-state index in [0.29, 0.717) is 17.7 Å².